The lowest BCUT2D eigenvalue weighted by Crippen LogP contribution is -2.21. The molecule has 1 aliphatic carbocycles. The van der Waals surface area contributed by atoms with Gasteiger partial charge in [-0.05, 0) is 25.0 Å². The van der Waals surface area contributed by atoms with E-state index >= 15 is 0 Å². The van der Waals surface area contributed by atoms with E-state index in [9.17, 15) is 14.3 Å². The Morgan fingerprint density at radius 3 is 2.76 bits per heavy atom. The number of hydrogen-bond acceptors (Lipinski definition) is 3. The van der Waals surface area contributed by atoms with Gasteiger partial charge in [0.2, 0.25) is 0 Å². The second-order valence-corrected chi connectivity index (χ2v) is 4.27. The number of hydrogen-bond donors (Lipinski definition) is 1. The normalized spacial score (nSPS) is 17.0. The van der Waals surface area contributed by atoms with Crippen LogP contribution in [0.25, 0.3) is 10.9 Å². The van der Waals surface area contributed by atoms with Crippen molar-refractivity contribution in [1.29, 1.82) is 0 Å². The molecule has 0 atom stereocenters. The first-order chi connectivity index (χ1) is 8.13. The fraction of sp³-hybridized carbons (Fsp3) is 0.250. The number of carboxylic acids is 1. The third-order valence-corrected chi connectivity index (χ3v) is 3.21. The van der Waals surface area contributed by atoms with Crippen LogP contribution in [-0.4, -0.2) is 21.0 Å². The Morgan fingerprint density at radius 1 is 1.35 bits per heavy atom. The molecule has 1 fully saturated rings. The first-order valence-corrected chi connectivity index (χ1v) is 5.28. The third-order valence-electron chi connectivity index (χ3n) is 3.21. The lowest BCUT2D eigenvalue weighted by Gasteiger charge is -2.11. The third kappa shape index (κ3) is 1.39. The molecular formula is C12H9FN2O2. The Morgan fingerprint density at radius 2 is 2.12 bits per heavy atom. The maximum Gasteiger partial charge on any atom is 0.315 e. The topological polar surface area (TPSA) is 63.1 Å². The summed E-state index contributed by atoms with van der Waals surface area (Å²) in [6, 6.07) is 4.13. The molecule has 3 rings (SSSR count). The monoisotopic (exact) mass is 232 g/mol. The zero-order chi connectivity index (χ0) is 12.0. The summed E-state index contributed by atoms with van der Waals surface area (Å²) in [4.78, 5) is 19.3. The Balaban J connectivity index is 2.28. The highest BCUT2D eigenvalue weighted by Gasteiger charge is 2.54. The highest BCUT2D eigenvalue weighted by molar-refractivity contribution is 5.92. The molecule has 1 aliphatic rings. The van der Waals surface area contributed by atoms with Crippen LogP contribution < -0.4 is 0 Å². The van der Waals surface area contributed by atoms with E-state index in [1.54, 1.807) is 6.07 Å². The van der Waals surface area contributed by atoms with Crippen LogP contribution in [0, 0.1) is 5.82 Å². The minimum absolute atomic E-state index is 0.387. The molecular weight excluding hydrogens is 223 g/mol. The van der Waals surface area contributed by atoms with Crippen LogP contribution in [0.1, 0.15) is 18.5 Å². The molecule has 86 valence electrons. The molecule has 0 aliphatic heterocycles. The van der Waals surface area contributed by atoms with E-state index in [1.807, 2.05) is 0 Å². The van der Waals surface area contributed by atoms with Crippen molar-refractivity contribution in [1.82, 2.24) is 9.97 Å². The predicted octanol–water partition coefficient (Wildman–Crippen LogP) is 1.89. The highest BCUT2D eigenvalue weighted by atomic mass is 19.1. The molecule has 0 bridgehead atoms. The van der Waals surface area contributed by atoms with Gasteiger partial charge in [-0.3, -0.25) is 4.79 Å². The summed E-state index contributed by atoms with van der Waals surface area (Å²) >= 11 is 0. The molecule has 2 aromatic rings. The van der Waals surface area contributed by atoms with Gasteiger partial charge in [0.1, 0.15) is 17.6 Å². The number of nitrogens with zero attached hydrogens (tertiary/aromatic N) is 2. The van der Waals surface area contributed by atoms with E-state index in [0.29, 0.717) is 29.4 Å². The number of rotatable bonds is 2. The van der Waals surface area contributed by atoms with E-state index in [1.165, 1.54) is 18.5 Å². The Hall–Kier alpha value is -2.04. The zero-order valence-corrected chi connectivity index (χ0v) is 8.85. The number of benzene rings is 1. The molecule has 1 N–H and O–H groups in total. The number of halogens is 1. The molecule has 5 heteroatoms. The average molecular weight is 232 g/mol. The maximum atomic E-state index is 13.1. The van der Waals surface area contributed by atoms with Gasteiger partial charge in [-0.1, -0.05) is 0 Å². The molecule has 0 spiro atoms. The Bertz CT molecular complexity index is 623. The van der Waals surface area contributed by atoms with Crippen LogP contribution >= 0.6 is 0 Å². The summed E-state index contributed by atoms with van der Waals surface area (Å²) in [7, 11) is 0. The van der Waals surface area contributed by atoms with Gasteiger partial charge in [0.05, 0.1) is 11.2 Å². The second-order valence-electron chi connectivity index (χ2n) is 4.27. The molecule has 0 amide bonds. The summed E-state index contributed by atoms with van der Waals surface area (Å²) < 4.78 is 13.1. The van der Waals surface area contributed by atoms with E-state index in [4.69, 9.17) is 0 Å². The van der Waals surface area contributed by atoms with Gasteiger partial charge in [-0.15, -0.1) is 0 Å². The minimum Gasteiger partial charge on any atom is -0.481 e. The largest absolute Gasteiger partial charge is 0.481 e. The molecule has 1 heterocycles. The summed E-state index contributed by atoms with van der Waals surface area (Å²) in [5, 5.41) is 9.86. The number of carbonyl (C=O) groups is 1. The fourth-order valence-corrected chi connectivity index (χ4v) is 2.09. The molecule has 1 saturated carbocycles. The van der Waals surface area contributed by atoms with Crippen LogP contribution in [0.15, 0.2) is 24.5 Å². The van der Waals surface area contributed by atoms with E-state index in [-0.39, 0.29) is 5.82 Å². The van der Waals surface area contributed by atoms with Crippen LogP contribution in [0.4, 0.5) is 4.39 Å². The Kier molecular flexibility index (Phi) is 1.92. The number of fused-ring (bicyclic) bond motifs is 1. The fourth-order valence-electron chi connectivity index (χ4n) is 2.09. The van der Waals surface area contributed by atoms with Crippen LogP contribution in [-0.2, 0) is 10.2 Å². The van der Waals surface area contributed by atoms with Crippen LogP contribution in [0.2, 0.25) is 0 Å². The lowest BCUT2D eigenvalue weighted by molar-refractivity contribution is -0.140. The smallest absolute Gasteiger partial charge is 0.315 e. The van der Waals surface area contributed by atoms with Gasteiger partial charge in [0, 0.05) is 11.5 Å². The van der Waals surface area contributed by atoms with Crippen molar-refractivity contribution in [2.75, 3.05) is 0 Å². The molecule has 0 saturated heterocycles. The van der Waals surface area contributed by atoms with E-state index < -0.39 is 11.4 Å². The summed E-state index contributed by atoms with van der Waals surface area (Å²) in [6.07, 6.45) is 2.44. The first kappa shape index (κ1) is 10.1. The number of aliphatic carboxylic acids is 1. The summed E-state index contributed by atoms with van der Waals surface area (Å²) in [5.74, 6) is -1.26. The second kappa shape index (κ2) is 3.23. The zero-order valence-electron chi connectivity index (χ0n) is 8.85. The minimum atomic E-state index is -0.890. The van der Waals surface area contributed by atoms with Gasteiger partial charge < -0.3 is 5.11 Å². The predicted molar refractivity (Wildman–Crippen MR) is 58.0 cm³/mol. The average Bonchev–Trinajstić information content (AvgIpc) is 3.09. The Labute approximate surface area is 96.1 Å². The van der Waals surface area contributed by atoms with E-state index in [2.05, 4.69) is 9.97 Å². The summed E-state index contributed by atoms with van der Waals surface area (Å²) in [5.41, 5.74) is 0.0523. The van der Waals surface area contributed by atoms with Crippen molar-refractivity contribution in [3.05, 3.63) is 36.0 Å². The standard InChI is InChI=1S/C12H9FN2O2/c13-7-1-2-8-9(5-7)14-6-15-10(8)12(3-4-12)11(16)17/h1-2,5-6H,3-4H2,(H,16,17). The van der Waals surface area contributed by atoms with Crippen molar-refractivity contribution in [2.24, 2.45) is 0 Å². The molecule has 17 heavy (non-hydrogen) atoms. The quantitative estimate of drug-likeness (QED) is 0.858. The van der Waals surface area contributed by atoms with Gasteiger partial charge in [-0.25, -0.2) is 14.4 Å². The van der Waals surface area contributed by atoms with Gasteiger partial charge >= 0.3 is 5.97 Å². The molecule has 0 unspecified atom stereocenters. The van der Waals surface area contributed by atoms with Crippen molar-refractivity contribution in [3.8, 4) is 0 Å². The molecule has 1 aromatic carbocycles. The van der Waals surface area contributed by atoms with Crippen molar-refractivity contribution < 1.29 is 14.3 Å². The number of carboxylic acid groups (broad SMARTS) is 1. The van der Waals surface area contributed by atoms with Gasteiger partial charge in [-0.2, -0.15) is 0 Å². The van der Waals surface area contributed by atoms with E-state index in [0.717, 1.165) is 0 Å². The van der Waals surface area contributed by atoms with Crippen molar-refractivity contribution in [2.45, 2.75) is 18.3 Å². The lowest BCUT2D eigenvalue weighted by atomic mass is 9.98. The van der Waals surface area contributed by atoms with Gasteiger partial charge in [0.25, 0.3) is 0 Å². The van der Waals surface area contributed by atoms with Crippen LogP contribution in [0.5, 0.6) is 0 Å². The van der Waals surface area contributed by atoms with Crippen molar-refractivity contribution >= 4 is 16.9 Å². The number of aromatic nitrogens is 2. The SMILES string of the molecule is O=C(O)C1(c2ncnc3cc(F)ccc23)CC1. The molecule has 4 nitrogen and oxygen atoms in total. The molecule has 0 radical (unpaired) electrons. The summed E-state index contributed by atoms with van der Waals surface area (Å²) in [6.45, 7) is 0. The van der Waals surface area contributed by atoms with Crippen molar-refractivity contribution in [3.63, 3.8) is 0 Å². The highest BCUT2D eigenvalue weighted by Crippen LogP contribution is 2.49. The maximum absolute atomic E-state index is 13.1. The first-order valence-electron chi connectivity index (χ1n) is 5.28. The van der Waals surface area contributed by atoms with Crippen LogP contribution in [0.3, 0.4) is 0 Å². The molecule has 1 aromatic heterocycles. The van der Waals surface area contributed by atoms with Gasteiger partial charge in [0.15, 0.2) is 0 Å².